The summed E-state index contributed by atoms with van der Waals surface area (Å²) in [6.07, 6.45) is 0. The average molecular weight is 318 g/mol. The van der Waals surface area contributed by atoms with Crippen LogP contribution < -0.4 is 5.32 Å². The second-order valence-corrected chi connectivity index (χ2v) is 5.83. The van der Waals surface area contributed by atoms with E-state index in [1.54, 1.807) is 24.3 Å². The monoisotopic (exact) mass is 318 g/mol. The molecular weight excluding hydrogens is 308 g/mol. The maximum absolute atomic E-state index is 12.4. The van der Waals surface area contributed by atoms with Crippen LogP contribution in [0.5, 0.6) is 0 Å². The Morgan fingerprint density at radius 2 is 2.00 bits per heavy atom. The third kappa shape index (κ3) is 3.03. The number of hydrogen-bond donors (Lipinski definition) is 1. The molecule has 1 atom stereocenters. The molecule has 0 unspecified atom stereocenters. The minimum Gasteiger partial charge on any atom is -0.325 e. The molecule has 0 aliphatic carbocycles. The Morgan fingerprint density at radius 1 is 1.17 bits per heavy atom. The number of hydrogen-bond acceptors (Lipinski definition) is 5. The number of benzene rings is 2. The summed E-state index contributed by atoms with van der Waals surface area (Å²) in [5.74, 6) is -1.44. The van der Waals surface area contributed by atoms with E-state index in [0.717, 1.165) is 10.2 Å². The molecule has 0 fully saturated rings. The van der Waals surface area contributed by atoms with Gasteiger partial charge in [0, 0.05) is 5.69 Å². The van der Waals surface area contributed by atoms with Crippen LogP contribution in [0.1, 0.15) is 16.5 Å². The summed E-state index contributed by atoms with van der Waals surface area (Å²) in [7, 11) is 0. The van der Waals surface area contributed by atoms with E-state index in [1.807, 2.05) is 36.4 Å². The predicted octanol–water partition coefficient (Wildman–Crippen LogP) is 3.41. The van der Waals surface area contributed by atoms with Crippen molar-refractivity contribution in [2.45, 2.75) is 5.92 Å². The van der Waals surface area contributed by atoms with Gasteiger partial charge in [-0.25, -0.2) is 4.98 Å². The molecule has 23 heavy (non-hydrogen) atoms. The summed E-state index contributed by atoms with van der Waals surface area (Å²) in [5.41, 5.74) is 1.69. The lowest BCUT2D eigenvalue weighted by Gasteiger charge is -2.08. The van der Waals surface area contributed by atoms with Gasteiger partial charge in [0.25, 0.3) is 0 Å². The Kier molecular flexibility index (Phi) is 4.01. The zero-order valence-corrected chi connectivity index (χ0v) is 12.7. The van der Waals surface area contributed by atoms with Crippen LogP contribution in [0.2, 0.25) is 0 Å². The number of para-hydroxylation sites is 1. The maximum Gasteiger partial charge on any atom is 0.248 e. The summed E-state index contributed by atoms with van der Waals surface area (Å²) in [6, 6.07) is 18.1. The molecule has 1 amide bonds. The molecule has 0 radical (unpaired) electrons. The minimum atomic E-state index is -0.988. The summed E-state index contributed by atoms with van der Waals surface area (Å²) >= 11 is 1.33. The van der Waals surface area contributed by atoms with Crippen molar-refractivity contribution in [2.24, 2.45) is 0 Å². The van der Waals surface area contributed by atoms with Crippen LogP contribution in [0.15, 0.2) is 48.5 Å². The number of nitriles is 2. The second kappa shape index (κ2) is 6.27. The summed E-state index contributed by atoms with van der Waals surface area (Å²) < 4.78 is 0.932. The zero-order chi connectivity index (χ0) is 16.2. The average Bonchev–Trinajstić information content (AvgIpc) is 2.99. The Hall–Kier alpha value is -3.22. The highest BCUT2D eigenvalue weighted by Gasteiger charge is 2.24. The number of aromatic nitrogens is 1. The van der Waals surface area contributed by atoms with Gasteiger partial charge in [0.05, 0.1) is 27.9 Å². The number of nitrogens with one attached hydrogen (secondary N) is 1. The fourth-order valence-electron chi connectivity index (χ4n) is 2.12. The molecule has 1 N–H and O–H groups in total. The van der Waals surface area contributed by atoms with Gasteiger partial charge in [-0.3, -0.25) is 4.79 Å². The lowest BCUT2D eigenvalue weighted by molar-refractivity contribution is -0.116. The normalized spacial score (nSPS) is 11.4. The SMILES string of the molecule is N#Cc1cccc(NC(=O)[C@@H](C#N)c2nc3ccccc3s2)c1. The molecule has 6 heteroatoms. The first kappa shape index (κ1) is 14.7. The minimum absolute atomic E-state index is 0.441. The van der Waals surface area contributed by atoms with Gasteiger partial charge >= 0.3 is 0 Å². The van der Waals surface area contributed by atoms with E-state index in [-0.39, 0.29) is 0 Å². The fourth-order valence-corrected chi connectivity index (χ4v) is 3.13. The first-order valence-corrected chi connectivity index (χ1v) is 7.59. The maximum atomic E-state index is 12.4. The van der Waals surface area contributed by atoms with E-state index in [4.69, 9.17) is 5.26 Å². The number of nitrogens with zero attached hydrogens (tertiary/aromatic N) is 3. The largest absolute Gasteiger partial charge is 0.325 e. The van der Waals surface area contributed by atoms with Crippen molar-refractivity contribution in [2.75, 3.05) is 5.32 Å². The van der Waals surface area contributed by atoms with E-state index < -0.39 is 11.8 Å². The Morgan fingerprint density at radius 3 is 2.74 bits per heavy atom. The van der Waals surface area contributed by atoms with Gasteiger partial charge in [0.1, 0.15) is 5.01 Å². The number of fused-ring (bicyclic) bond motifs is 1. The highest BCUT2D eigenvalue weighted by molar-refractivity contribution is 7.18. The smallest absolute Gasteiger partial charge is 0.248 e. The molecule has 0 saturated heterocycles. The quantitative estimate of drug-likeness (QED) is 0.801. The van der Waals surface area contributed by atoms with Crippen LogP contribution in [0, 0.1) is 22.7 Å². The summed E-state index contributed by atoms with van der Waals surface area (Å²) in [5, 5.41) is 21.4. The number of thiazole rings is 1. The van der Waals surface area contributed by atoms with Crippen molar-refractivity contribution in [3.8, 4) is 12.1 Å². The molecule has 2 aromatic carbocycles. The van der Waals surface area contributed by atoms with E-state index in [9.17, 15) is 10.1 Å². The Labute approximate surface area is 136 Å². The van der Waals surface area contributed by atoms with E-state index in [1.165, 1.54) is 11.3 Å². The van der Waals surface area contributed by atoms with Crippen LogP contribution in [-0.2, 0) is 4.79 Å². The standard InChI is InChI=1S/C17H10N4OS/c18-9-11-4-3-5-12(8-11)20-16(22)13(10-19)17-21-14-6-1-2-7-15(14)23-17/h1-8,13H,(H,20,22)/t13-/m1/s1. The van der Waals surface area contributed by atoms with Crippen molar-refractivity contribution < 1.29 is 4.79 Å². The fraction of sp³-hybridized carbons (Fsp3) is 0.0588. The van der Waals surface area contributed by atoms with Crippen LogP contribution in [0.25, 0.3) is 10.2 Å². The molecule has 0 aliphatic heterocycles. The number of carbonyl (C=O) groups excluding carboxylic acids is 1. The van der Waals surface area contributed by atoms with Crippen molar-refractivity contribution in [3.63, 3.8) is 0 Å². The first-order valence-electron chi connectivity index (χ1n) is 6.77. The third-order valence-corrected chi connectivity index (χ3v) is 4.31. The molecule has 3 rings (SSSR count). The van der Waals surface area contributed by atoms with Gasteiger partial charge < -0.3 is 5.32 Å². The molecule has 0 aliphatic rings. The molecule has 0 spiro atoms. The number of amides is 1. The Bertz CT molecular complexity index is 931. The summed E-state index contributed by atoms with van der Waals surface area (Å²) in [4.78, 5) is 16.7. The van der Waals surface area contributed by atoms with Crippen LogP contribution in [-0.4, -0.2) is 10.9 Å². The third-order valence-electron chi connectivity index (χ3n) is 3.21. The van der Waals surface area contributed by atoms with Gasteiger partial charge in [0.2, 0.25) is 5.91 Å². The number of anilines is 1. The van der Waals surface area contributed by atoms with Crippen LogP contribution in [0.4, 0.5) is 5.69 Å². The molecule has 110 valence electrons. The van der Waals surface area contributed by atoms with Crippen LogP contribution in [0.3, 0.4) is 0 Å². The molecule has 5 nitrogen and oxygen atoms in total. The number of rotatable bonds is 3. The molecular formula is C17H10N4OS. The topological polar surface area (TPSA) is 89.6 Å². The van der Waals surface area contributed by atoms with Gasteiger partial charge in [-0.15, -0.1) is 11.3 Å². The van der Waals surface area contributed by atoms with Crippen molar-refractivity contribution >= 4 is 33.1 Å². The van der Waals surface area contributed by atoms with Gasteiger partial charge in [0.15, 0.2) is 5.92 Å². The van der Waals surface area contributed by atoms with Crippen molar-refractivity contribution in [3.05, 3.63) is 59.1 Å². The molecule has 0 saturated carbocycles. The Balaban J connectivity index is 1.87. The van der Waals surface area contributed by atoms with Gasteiger partial charge in [-0.1, -0.05) is 18.2 Å². The number of carbonyl (C=O) groups is 1. The van der Waals surface area contributed by atoms with Gasteiger partial charge in [-0.05, 0) is 30.3 Å². The lowest BCUT2D eigenvalue weighted by atomic mass is 10.1. The lowest BCUT2D eigenvalue weighted by Crippen LogP contribution is -2.19. The predicted molar refractivity (Wildman–Crippen MR) is 87.8 cm³/mol. The molecule has 1 heterocycles. The highest BCUT2D eigenvalue weighted by atomic mass is 32.1. The second-order valence-electron chi connectivity index (χ2n) is 4.76. The van der Waals surface area contributed by atoms with Crippen molar-refractivity contribution in [1.29, 1.82) is 10.5 Å². The highest BCUT2D eigenvalue weighted by Crippen LogP contribution is 2.28. The molecule has 0 bridgehead atoms. The zero-order valence-electron chi connectivity index (χ0n) is 11.9. The first-order chi connectivity index (χ1) is 11.2. The van der Waals surface area contributed by atoms with Crippen LogP contribution >= 0.6 is 11.3 Å². The summed E-state index contributed by atoms with van der Waals surface area (Å²) in [6.45, 7) is 0. The van der Waals surface area contributed by atoms with E-state index in [2.05, 4.69) is 10.3 Å². The van der Waals surface area contributed by atoms with E-state index >= 15 is 0 Å². The molecule has 1 aromatic heterocycles. The van der Waals surface area contributed by atoms with E-state index in [0.29, 0.717) is 16.3 Å². The molecule has 3 aromatic rings. The van der Waals surface area contributed by atoms with Crippen molar-refractivity contribution in [1.82, 2.24) is 4.98 Å². The van der Waals surface area contributed by atoms with Gasteiger partial charge in [-0.2, -0.15) is 10.5 Å².